The standard InChI is InChI=1S/C8H13N3O3S/c1-4(12)10-2-5(13)7(14)6-3-11-8(9)15-6/h3,5,7,13-14H,2H2,1H3,(H2,9,11)(H,10,12). The average Bonchev–Trinajstić information content (AvgIpc) is 2.60. The fourth-order valence-electron chi connectivity index (χ4n) is 0.987. The molecule has 6 nitrogen and oxygen atoms in total. The maximum absolute atomic E-state index is 10.6. The van der Waals surface area contributed by atoms with Gasteiger partial charge in [-0.3, -0.25) is 4.79 Å². The first-order valence-corrected chi connectivity index (χ1v) is 5.14. The van der Waals surface area contributed by atoms with Crippen LogP contribution in [0.2, 0.25) is 0 Å². The topological polar surface area (TPSA) is 108 Å². The second-order valence-electron chi connectivity index (χ2n) is 3.05. The molecule has 0 aliphatic rings. The number of nitrogens with zero attached hydrogens (tertiary/aromatic N) is 1. The number of aliphatic hydroxyl groups is 2. The zero-order valence-corrected chi connectivity index (χ0v) is 8.99. The van der Waals surface area contributed by atoms with E-state index in [0.717, 1.165) is 11.3 Å². The monoisotopic (exact) mass is 231 g/mol. The molecule has 0 spiro atoms. The third-order valence-corrected chi connectivity index (χ3v) is 2.65. The molecule has 0 aliphatic carbocycles. The minimum atomic E-state index is -1.08. The highest BCUT2D eigenvalue weighted by Gasteiger charge is 2.20. The number of thiazole rings is 1. The number of nitrogens with one attached hydrogen (secondary N) is 1. The molecule has 1 amide bonds. The van der Waals surface area contributed by atoms with Gasteiger partial charge < -0.3 is 21.3 Å². The van der Waals surface area contributed by atoms with E-state index in [1.165, 1.54) is 13.1 Å². The minimum Gasteiger partial charge on any atom is -0.388 e. The number of carbonyl (C=O) groups excluding carboxylic acids is 1. The summed E-state index contributed by atoms with van der Waals surface area (Å²) >= 11 is 1.10. The first kappa shape index (κ1) is 11.9. The molecule has 0 saturated carbocycles. The Kier molecular flexibility index (Phi) is 4.01. The molecular weight excluding hydrogens is 218 g/mol. The third kappa shape index (κ3) is 3.46. The summed E-state index contributed by atoms with van der Waals surface area (Å²) in [5.41, 5.74) is 5.38. The van der Waals surface area contributed by atoms with Crippen molar-refractivity contribution >= 4 is 22.4 Å². The maximum atomic E-state index is 10.6. The van der Waals surface area contributed by atoms with Crippen molar-refractivity contribution in [3.63, 3.8) is 0 Å². The fraction of sp³-hybridized carbons (Fsp3) is 0.500. The average molecular weight is 231 g/mol. The Morgan fingerprint density at radius 2 is 2.40 bits per heavy atom. The van der Waals surface area contributed by atoms with Crippen molar-refractivity contribution in [3.8, 4) is 0 Å². The van der Waals surface area contributed by atoms with Gasteiger partial charge in [0.15, 0.2) is 5.13 Å². The van der Waals surface area contributed by atoms with Crippen LogP contribution in [-0.4, -0.2) is 33.8 Å². The van der Waals surface area contributed by atoms with E-state index in [9.17, 15) is 15.0 Å². The molecule has 0 fully saturated rings. The normalized spacial score (nSPS) is 14.6. The van der Waals surface area contributed by atoms with Crippen molar-refractivity contribution in [2.24, 2.45) is 0 Å². The third-order valence-electron chi connectivity index (χ3n) is 1.76. The van der Waals surface area contributed by atoms with Crippen LogP contribution in [0.25, 0.3) is 0 Å². The van der Waals surface area contributed by atoms with Gasteiger partial charge in [-0.15, -0.1) is 0 Å². The quantitative estimate of drug-likeness (QED) is 0.545. The van der Waals surface area contributed by atoms with Gasteiger partial charge in [0.05, 0.1) is 4.88 Å². The van der Waals surface area contributed by atoms with E-state index < -0.39 is 12.2 Å². The Labute approximate surface area is 90.8 Å². The summed E-state index contributed by atoms with van der Waals surface area (Å²) in [7, 11) is 0. The molecule has 5 N–H and O–H groups in total. The molecule has 84 valence electrons. The highest BCUT2D eigenvalue weighted by atomic mass is 32.1. The zero-order chi connectivity index (χ0) is 11.4. The highest BCUT2D eigenvalue weighted by Crippen LogP contribution is 2.24. The van der Waals surface area contributed by atoms with Gasteiger partial charge in [0, 0.05) is 19.7 Å². The van der Waals surface area contributed by atoms with Crippen LogP contribution in [0.15, 0.2) is 6.20 Å². The summed E-state index contributed by atoms with van der Waals surface area (Å²) in [4.78, 5) is 14.8. The number of rotatable bonds is 4. The van der Waals surface area contributed by atoms with Crippen LogP contribution in [0.1, 0.15) is 17.9 Å². The molecule has 2 atom stereocenters. The van der Waals surface area contributed by atoms with E-state index in [1.54, 1.807) is 0 Å². The number of hydrogen-bond acceptors (Lipinski definition) is 6. The van der Waals surface area contributed by atoms with Gasteiger partial charge in [0.2, 0.25) is 5.91 Å². The van der Waals surface area contributed by atoms with E-state index in [-0.39, 0.29) is 12.5 Å². The molecule has 0 bridgehead atoms. The van der Waals surface area contributed by atoms with Crippen LogP contribution in [-0.2, 0) is 4.79 Å². The number of anilines is 1. The van der Waals surface area contributed by atoms with Crippen LogP contribution in [0.5, 0.6) is 0 Å². The molecule has 0 aromatic carbocycles. The number of nitrogens with two attached hydrogens (primary N) is 1. The number of hydrogen-bond donors (Lipinski definition) is 4. The molecule has 1 aromatic rings. The minimum absolute atomic E-state index is 0.00565. The molecule has 2 unspecified atom stereocenters. The Balaban J connectivity index is 2.52. The summed E-state index contributed by atoms with van der Waals surface area (Å²) in [5.74, 6) is -0.259. The van der Waals surface area contributed by atoms with E-state index in [0.29, 0.717) is 10.0 Å². The van der Waals surface area contributed by atoms with Crippen LogP contribution < -0.4 is 11.1 Å². The van der Waals surface area contributed by atoms with Crippen molar-refractivity contribution in [1.29, 1.82) is 0 Å². The van der Waals surface area contributed by atoms with Crippen LogP contribution >= 0.6 is 11.3 Å². The van der Waals surface area contributed by atoms with E-state index in [2.05, 4.69) is 10.3 Å². The summed E-state index contributed by atoms with van der Waals surface area (Å²) in [5, 5.41) is 21.9. The maximum Gasteiger partial charge on any atom is 0.216 e. The first-order valence-electron chi connectivity index (χ1n) is 4.32. The summed E-state index contributed by atoms with van der Waals surface area (Å²) in [6.07, 6.45) is -0.734. The Morgan fingerprint density at radius 3 is 2.87 bits per heavy atom. The molecule has 1 heterocycles. The number of carbonyl (C=O) groups is 1. The molecule has 0 saturated heterocycles. The second kappa shape index (κ2) is 5.06. The van der Waals surface area contributed by atoms with E-state index >= 15 is 0 Å². The smallest absolute Gasteiger partial charge is 0.216 e. The van der Waals surface area contributed by atoms with E-state index in [4.69, 9.17) is 5.73 Å². The highest BCUT2D eigenvalue weighted by molar-refractivity contribution is 7.15. The second-order valence-corrected chi connectivity index (χ2v) is 4.14. The molecular formula is C8H13N3O3S. The summed E-state index contributed by atoms with van der Waals surface area (Å²) in [6, 6.07) is 0. The van der Waals surface area contributed by atoms with Gasteiger partial charge in [-0.05, 0) is 0 Å². The number of amides is 1. The van der Waals surface area contributed by atoms with Crippen molar-refractivity contribution in [2.45, 2.75) is 19.1 Å². The van der Waals surface area contributed by atoms with Gasteiger partial charge in [0.1, 0.15) is 12.2 Å². The van der Waals surface area contributed by atoms with Crippen molar-refractivity contribution in [1.82, 2.24) is 10.3 Å². The van der Waals surface area contributed by atoms with Gasteiger partial charge >= 0.3 is 0 Å². The van der Waals surface area contributed by atoms with Crippen molar-refractivity contribution < 1.29 is 15.0 Å². The van der Waals surface area contributed by atoms with E-state index in [1.807, 2.05) is 0 Å². The predicted octanol–water partition coefficient (Wildman–Crippen LogP) is -0.744. The molecule has 1 aromatic heterocycles. The number of aliphatic hydroxyl groups excluding tert-OH is 2. The number of aromatic nitrogens is 1. The van der Waals surface area contributed by atoms with Gasteiger partial charge in [-0.1, -0.05) is 11.3 Å². The Morgan fingerprint density at radius 1 is 1.73 bits per heavy atom. The van der Waals surface area contributed by atoms with Crippen molar-refractivity contribution in [2.75, 3.05) is 12.3 Å². The summed E-state index contributed by atoms with van der Waals surface area (Å²) < 4.78 is 0. The lowest BCUT2D eigenvalue weighted by Gasteiger charge is -2.15. The fourth-order valence-corrected chi connectivity index (χ4v) is 1.72. The Hall–Kier alpha value is -1.18. The lowest BCUT2D eigenvalue weighted by atomic mass is 10.2. The van der Waals surface area contributed by atoms with Crippen LogP contribution in [0, 0.1) is 0 Å². The largest absolute Gasteiger partial charge is 0.388 e. The van der Waals surface area contributed by atoms with Crippen LogP contribution in [0.4, 0.5) is 5.13 Å². The molecule has 1 rings (SSSR count). The summed E-state index contributed by atoms with van der Waals surface area (Å²) in [6.45, 7) is 1.33. The molecule has 15 heavy (non-hydrogen) atoms. The molecule has 0 radical (unpaired) electrons. The van der Waals surface area contributed by atoms with Crippen molar-refractivity contribution in [3.05, 3.63) is 11.1 Å². The molecule has 0 aliphatic heterocycles. The lowest BCUT2D eigenvalue weighted by Crippen LogP contribution is -2.33. The van der Waals surface area contributed by atoms with Gasteiger partial charge in [0.25, 0.3) is 0 Å². The molecule has 7 heteroatoms. The van der Waals surface area contributed by atoms with Gasteiger partial charge in [-0.25, -0.2) is 4.98 Å². The number of nitrogen functional groups attached to an aromatic ring is 1. The predicted molar refractivity (Wildman–Crippen MR) is 56.2 cm³/mol. The zero-order valence-electron chi connectivity index (χ0n) is 8.17. The van der Waals surface area contributed by atoms with Gasteiger partial charge in [-0.2, -0.15) is 0 Å². The van der Waals surface area contributed by atoms with Crippen LogP contribution in [0.3, 0.4) is 0 Å². The Bertz CT molecular complexity index is 342. The first-order chi connectivity index (χ1) is 7.00. The lowest BCUT2D eigenvalue weighted by molar-refractivity contribution is -0.119. The SMILES string of the molecule is CC(=O)NCC(O)C(O)c1cnc(N)s1.